The number of nitrogens with two attached hydrogens (primary N) is 1. The molecule has 0 aliphatic heterocycles. The van der Waals surface area contributed by atoms with E-state index in [1.807, 2.05) is 0 Å². The third kappa shape index (κ3) is 3.90. The van der Waals surface area contributed by atoms with E-state index in [2.05, 4.69) is 18.6 Å². The second kappa shape index (κ2) is 6.55. The van der Waals surface area contributed by atoms with Crippen molar-refractivity contribution >= 4 is 27.3 Å². The Morgan fingerprint density at radius 3 is 2.57 bits per heavy atom. The summed E-state index contributed by atoms with van der Waals surface area (Å²) < 4.78 is 27.9. The van der Waals surface area contributed by atoms with Gasteiger partial charge in [-0.2, -0.15) is 0 Å². The van der Waals surface area contributed by atoms with Crippen molar-refractivity contribution in [2.45, 2.75) is 50.5 Å². The Morgan fingerprint density at radius 1 is 1.29 bits per heavy atom. The maximum atomic E-state index is 12.5. The first-order chi connectivity index (χ1) is 9.81. The number of nitrogen functional groups attached to an aromatic ring is 1. The van der Waals surface area contributed by atoms with Crippen molar-refractivity contribution in [1.29, 1.82) is 0 Å². The van der Waals surface area contributed by atoms with Gasteiger partial charge in [0.05, 0.1) is 15.6 Å². The first-order valence-corrected chi connectivity index (χ1v) is 9.24. The van der Waals surface area contributed by atoms with Gasteiger partial charge in [0, 0.05) is 6.04 Å². The van der Waals surface area contributed by atoms with Gasteiger partial charge in [0.25, 0.3) is 0 Å². The van der Waals surface area contributed by atoms with Crippen molar-refractivity contribution in [1.82, 2.24) is 4.72 Å². The van der Waals surface area contributed by atoms with Crippen LogP contribution in [-0.2, 0) is 10.0 Å². The fourth-order valence-corrected chi connectivity index (χ4v) is 4.64. The number of nitrogens with one attached hydrogen (secondary N) is 1. The van der Waals surface area contributed by atoms with Crippen molar-refractivity contribution in [3.05, 3.63) is 23.2 Å². The molecule has 0 amide bonds. The second-order valence-corrected chi connectivity index (χ2v) is 8.22. The Hall–Kier alpha value is -0.780. The van der Waals surface area contributed by atoms with Crippen LogP contribution in [0.3, 0.4) is 0 Å². The molecule has 1 aromatic carbocycles. The van der Waals surface area contributed by atoms with E-state index in [4.69, 9.17) is 17.3 Å². The quantitative estimate of drug-likeness (QED) is 0.831. The third-order valence-electron chi connectivity index (χ3n) is 4.26. The Morgan fingerprint density at radius 2 is 1.95 bits per heavy atom. The topological polar surface area (TPSA) is 72.2 Å². The molecule has 1 fully saturated rings. The lowest BCUT2D eigenvalue weighted by Gasteiger charge is -2.34. The van der Waals surface area contributed by atoms with Crippen molar-refractivity contribution in [2.24, 2.45) is 11.8 Å². The van der Waals surface area contributed by atoms with Gasteiger partial charge in [-0.3, -0.25) is 0 Å². The summed E-state index contributed by atoms with van der Waals surface area (Å²) in [6, 6.07) is 4.43. The summed E-state index contributed by atoms with van der Waals surface area (Å²) in [6.45, 7) is 4.30. The lowest BCUT2D eigenvalue weighted by Crippen LogP contribution is -2.43. The zero-order valence-electron chi connectivity index (χ0n) is 12.5. The van der Waals surface area contributed by atoms with Crippen LogP contribution in [0.4, 0.5) is 5.69 Å². The smallest absolute Gasteiger partial charge is 0.240 e. The average Bonchev–Trinajstić information content (AvgIpc) is 2.41. The van der Waals surface area contributed by atoms with E-state index in [1.165, 1.54) is 24.6 Å². The minimum Gasteiger partial charge on any atom is -0.398 e. The molecule has 0 saturated heterocycles. The summed E-state index contributed by atoms with van der Waals surface area (Å²) in [7, 11) is -3.56. The van der Waals surface area contributed by atoms with E-state index in [1.54, 1.807) is 0 Å². The molecule has 4 nitrogen and oxygen atoms in total. The van der Waals surface area contributed by atoms with Gasteiger partial charge < -0.3 is 5.73 Å². The zero-order chi connectivity index (χ0) is 15.6. The maximum Gasteiger partial charge on any atom is 0.240 e. The van der Waals surface area contributed by atoms with E-state index in [9.17, 15) is 8.42 Å². The van der Waals surface area contributed by atoms with E-state index in [0.29, 0.717) is 17.5 Å². The zero-order valence-corrected chi connectivity index (χ0v) is 14.0. The summed E-state index contributed by atoms with van der Waals surface area (Å²) in [6.07, 6.45) is 4.21. The van der Waals surface area contributed by atoms with Crippen LogP contribution < -0.4 is 10.5 Å². The standard InChI is InChI=1S/C15H23ClN2O2S/c1-10(2)12-5-3-4-6-15(12)18-21(19,20)11-7-8-14(17)13(16)9-11/h7-10,12,15,18H,3-6,17H2,1-2H3. The van der Waals surface area contributed by atoms with Crippen LogP contribution >= 0.6 is 11.6 Å². The molecule has 1 aromatic rings. The van der Waals surface area contributed by atoms with E-state index < -0.39 is 10.0 Å². The minimum atomic E-state index is -3.56. The molecule has 0 bridgehead atoms. The Kier molecular flexibility index (Phi) is 5.17. The monoisotopic (exact) mass is 330 g/mol. The molecule has 118 valence electrons. The number of hydrogen-bond donors (Lipinski definition) is 2. The highest BCUT2D eigenvalue weighted by molar-refractivity contribution is 7.89. The summed E-state index contributed by atoms with van der Waals surface area (Å²) in [5, 5.41) is 0.266. The molecule has 6 heteroatoms. The lowest BCUT2D eigenvalue weighted by atomic mass is 9.78. The first-order valence-electron chi connectivity index (χ1n) is 7.38. The van der Waals surface area contributed by atoms with Crippen LogP contribution in [0, 0.1) is 11.8 Å². The first kappa shape index (κ1) is 16.6. The lowest BCUT2D eigenvalue weighted by molar-refractivity contribution is 0.226. The van der Waals surface area contributed by atoms with Gasteiger partial charge in [-0.1, -0.05) is 38.3 Å². The molecule has 0 heterocycles. The van der Waals surface area contributed by atoms with Crippen LogP contribution in [-0.4, -0.2) is 14.5 Å². The van der Waals surface area contributed by atoms with Gasteiger partial charge in [0.15, 0.2) is 0 Å². The van der Waals surface area contributed by atoms with E-state index in [0.717, 1.165) is 19.3 Å². The van der Waals surface area contributed by atoms with Crippen molar-refractivity contribution in [3.8, 4) is 0 Å². The van der Waals surface area contributed by atoms with Crippen LogP contribution in [0.25, 0.3) is 0 Å². The summed E-state index contributed by atoms with van der Waals surface area (Å²) in [5.74, 6) is 0.853. The minimum absolute atomic E-state index is 0.0000728. The van der Waals surface area contributed by atoms with Gasteiger partial charge in [-0.25, -0.2) is 13.1 Å². The average molecular weight is 331 g/mol. The fraction of sp³-hybridized carbons (Fsp3) is 0.600. The molecular formula is C15H23ClN2O2S. The highest BCUT2D eigenvalue weighted by Crippen LogP contribution is 2.31. The van der Waals surface area contributed by atoms with Crippen molar-refractivity contribution < 1.29 is 8.42 Å². The normalized spacial score (nSPS) is 23.4. The number of anilines is 1. The van der Waals surface area contributed by atoms with E-state index >= 15 is 0 Å². The van der Waals surface area contributed by atoms with Crippen LogP contribution in [0.15, 0.2) is 23.1 Å². The SMILES string of the molecule is CC(C)C1CCCCC1NS(=O)(=O)c1ccc(N)c(Cl)c1. The number of hydrogen-bond acceptors (Lipinski definition) is 3. The second-order valence-electron chi connectivity index (χ2n) is 6.10. The van der Waals surface area contributed by atoms with Crippen LogP contribution in [0.5, 0.6) is 0 Å². The molecule has 2 unspecified atom stereocenters. The number of rotatable bonds is 4. The highest BCUT2D eigenvalue weighted by atomic mass is 35.5. The third-order valence-corrected chi connectivity index (χ3v) is 6.08. The van der Waals surface area contributed by atoms with E-state index in [-0.39, 0.29) is 16.0 Å². The molecular weight excluding hydrogens is 308 g/mol. The molecule has 2 rings (SSSR count). The van der Waals surface area contributed by atoms with Gasteiger partial charge in [0.1, 0.15) is 0 Å². The summed E-state index contributed by atoms with van der Waals surface area (Å²) in [4.78, 5) is 0.176. The summed E-state index contributed by atoms with van der Waals surface area (Å²) >= 11 is 5.92. The molecule has 1 aliphatic carbocycles. The number of halogens is 1. The molecule has 0 aromatic heterocycles. The Bertz CT molecular complexity index is 602. The molecule has 1 saturated carbocycles. The predicted molar refractivity (Wildman–Crippen MR) is 86.8 cm³/mol. The van der Waals surface area contributed by atoms with Crippen molar-refractivity contribution in [3.63, 3.8) is 0 Å². The number of sulfonamides is 1. The molecule has 3 N–H and O–H groups in total. The number of benzene rings is 1. The molecule has 21 heavy (non-hydrogen) atoms. The molecule has 0 radical (unpaired) electrons. The van der Waals surface area contributed by atoms with Crippen molar-refractivity contribution in [2.75, 3.05) is 5.73 Å². The van der Waals surface area contributed by atoms with Gasteiger partial charge in [-0.15, -0.1) is 0 Å². The molecule has 1 aliphatic rings. The fourth-order valence-electron chi connectivity index (χ4n) is 3.05. The Labute approximate surface area is 132 Å². The maximum absolute atomic E-state index is 12.5. The van der Waals surface area contributed by atoms with Crippen LogP contribution in [0.2, 0.25) is 5.02 Å². The predicted octanol–water partition coefficient (Wildman–Crippen LogP) is 3.42. The summed E-state index contributed by atoms with van der Waals surface area (Å²) in [5.41, 5.74) is 6.01. The Balaban J connectivity index is 2.21. The van der Waals surface area contributed by atoms with Gasteiger partial charge in [0.2, 0.25) is 10.0 Å². The highest BCUT2D eigenvalue weighted by Gasteiger charge is 2.31. The van der Waals surface area contributed by atoms with Gasteiger partial charge >= 0.3 is 0 Å². The van der Waals surface area contributed by atoms with Gasteiger partial charge in [-0.05, 0) is 42.9 Å². The largest absolute Gasteiger partial charge is 0.398 e. The van der Waals surface area contributed by atoms with Crippen LogP contribution in [0.1, 0.15) is 39.5 Å². The molecule has 2 atom stereocenters. The molecule has 0 spiro atoms.